The molecule has 0 atom stereocenters. The van der Waals surface area contributed by atoms with Crippen molar-refractivity contribution >= 4 is 24.0 Å². The van der Waals surface area contributed by atoms with Gasteiger partial charge in [-0.25, -0.2) is 0 Å². The van der Waals surface area contributed by atoms with Gasteiger partial charge in [-0.2, -0.15) is 0 Å². The Hall–Kier alpha value is -2.00. The molecule has 3 aromatic carbocycles. The van der Waals surface area contributed by atoms with Crippen LogP contribution in [0.15, 0.2) is 72.8 Å². The van der Waals surface area contributed by atoms with E-state index in [0.29, 0.717) is 6.61 Å². The smallest absolute Gasteiger partial charge is 0.119 e. The molecule has 4 heteroatoms. The summed E-state index contributed by atoms with van der Waals surface area (Å²) in [6.07, 6.45) is 0. The molecule has 0 aliphatic heterocycles. The molecule has 0 spiro atoms. The van der Waals surface area contributed by atoms with Gasteiger partial charge in [0.2, 0.25) is 0 Å². The first-order chi connectivity index (χ1) is 12.2. The number of hydrogen-bond acceptors (Lipinski definition) is 2. The van der Waals surface area contributed by atoms with E-state index < -0.39 is 0 Å². The molecule has 2 nitrogen and oxygen atoms in total. The summed E-state index contributed by atoms with van der Waals surface area (Å²) < 4.78 is 5.84. The van der Waals surface area contributed by atoms with Crippen molar-refractivity contribution in [3.8, 4) is 5.75 Å². The number of ether oxygens (including phenoxy) is 1. The lowest BCUT2D eigenvalue weighted by atomic mass is 10.1. The number of nitrogens with one attached hydrogen (secondary N) is 1. The molecule has 0 saturated carbocycles. The summed E-state index contributed by atoms with van der Waals surface area (Å²) in [4.78, 5) is 0. The van der Waals surface area contributed by atoms with Crippen molar-refractivity contribution in [2.75, 3.05) is 0 Å². The minimum atomic E-state index is 0. The van der Waals surface area contributed by atoms with E-state index in [2.05, 4.69) is 48.6 Å². The molecule has 3 aromatic rings. The molecule has 0 amide bonds. The molecule has 26 heavy (non-hydrogen) atoms. The first-order valence-electron chi connectivity index (χ1n) is 8.42. The molecule has 0 radical (unpaired) electrons. The number of halogens is 2. The Balaban J connectivity index is 0.00000243. The third-order valence-corrected chi connectivity index (χ3v) is 4.42. The quantitative estimate of drug-likeness (QED) is 0.541. The highest BCUT2D eigenvalue weighted by Gasteiger charge is 2.00. The van der Waals surface area contributed by atoms with E-state index >= 15 is 0 Å². The molecule has 0 aliphatic rings. The third kappa shape index (κ3) is 6.06. The number of benzene rings is 3. The van der Waals surface area contributed by atoms with Crippen LogP contribution in [-0.2, 0) is 19.7 Å². The fourth-order valence-corrected chi connectivity index (χ4v) is 2.74. The molecule has 3 rings (SSSR count). The summed E-state index contributed by atoms with van der Waals surface area (Å²) in [5, 5.41) is 4.22. The zero-order valence-electron chi connectivity index (χ0n) is 14.7. The van der Waals surface area contributed by atoms with Gasteiger partial charge in [0.05, 0.1) is 0 Å². The summed E-state index contributed by atoms with van der Waals surface area (Å²) >= 11 is 6.16. The van der Waals surface area contributed by atoms with Gasteiger partial charge in [-0.1, -0.05) is 71.8 Å². The predicted molar refractivity (Wildman–Crippen MR) is 111 cm³/mol. The second kappa shape index (κ2) is 10.2. The topological polar surface area (TPSA) is 21.3 Å². The molecular weight excluding hydrogens is 365 g/mol. The van der Waals surface area contributed by atoms with Crippen molar-refractivity contribution in [2.24, 2.45) is 0 Å². The van der Waals surface area contributed by atoms with Gasteiger partial charge in [0.1, 0.15) is 12.4 Å². The molecule has 1 N–H and O–H groups in total. The second-order valence-corrected chi connectivity index (χ2v) is 6.52. The monoisotopic (exact) mass is 387 g/mol. The van der Waals surface area contributed by atoms with Gasteiger partial charge in [0.25, 0.3) is 0 Å². The van der Waals surface area contributed by atoms with Crippen LogP contribution in [0, 0.1) is 6.92 Å². The highest BCUT2D eigenvalue weighted by Crippen LogP contribution is 2.16. The molecule has 0 unspecified atom stereocenters. The van der Waals surface area contributed by atoms with E-state index in [0.717, 1.165) is 29.4 Å². The Bertz CT molecular complexity index is 801. The number of aryl methyl sites for hydroxylation is 1. The summed E-state index contributed by atoms with van der Waals surface area (Å²) in [5.41, 5.74) is 4.77. The Morgan fingerprint density at radius 2 is 1.46 bits per heavy atom. The molecule has 136 valence electrons. The van der Waals surface area contributed by atoms with Crippen LogP contribution in [0.3, 0.4) is 0 Å². The zero-order valence-corrected chi connectivity index (χ0v) is 16.3. The lowest BCUT2D eigenvalue weighted by Gasteiger charge is -2.09. The summed E-state index contributed by atoms with van der Waals surface area (Å²) in [6, 6.07) is 24.5. The first kappa shape index (κ1) is 20.3. The highest BCUT2D eigenvalue weighted by atomic mass is 35.5. The molecule has 0 bridgehead atoms. The van der Waals surface area contributed by atoms with Crippen LogP contribution in [0.2, 0.25) is 5.02 Å². The second-order valence-electron chi connectivity index (χ2n) is 6.11. The molecule has 0 aromatic heterocycles. The predicted octanol–water partition coefficient (Wildman–Crippen LogP) is 5.94. The maximum atomic E-state index is 6.16. The van der Waals surface area contributed by atoms with Crippen LogP contribution in [0.5, 0.6) is 5.75 Å². The Morgan fingerprint density at radius 3 is 2.15 bits per heavy atom. The van der Waals surface area contributed by atoms with E-state index in [4.69, 9.17) is 16.3 Å². The minimum Gasteiger partial charge on any atom is -0.489 e. The van der Waals surface area contributed by atoms with Crippen LogP contribution in [0.25, 0.3) is 0 Å². The first-order valence-corrected chi connectivity index (χ1v) is 8.80. The zero-order chi connectivity index (χ0) is 17.5. The van der Waals surface area contributed by atoms with E-state index in [9.17, 15) is 0 Å². The average Bonchev–Trinajstić information content (AvgIpc) is 2.64. The highest BCUT2D eigenvalue weighted by molar-refractivity contribution is 6.31. The number of hydrogen-bond donors (Lipinski definition) is 1. The van der Waals surface area contributed by atoms with Crippen molar-refractivity contribution in [1.29, 1.82) is 0 Å². The van der Waals surface area contributed by atoms with Crippen LogP contribution in [-0.4, -0.2) is 0 Å². The van der Waals surface area contributed by atoms with Crippen molar-refractivity contribution in [3.63, 3.8) is 0 Å². The van der Waals surface area contributed by atoms with Crippen LogP contribution < -0.4 is 10.1 Å². The molecule has 0 aliphatic carbocycles. The van der Waals surface area contributed by atoms with Gasteiger partial charge in [0, 0.05) is 18.1 Å². The molecule has 0 heterocycles. The summed E-state index contributed by atoms with van der Waals surface area (Å²) in [7, 11) is 0. The Labute approximate surface area is 166 Å². The van der Waals surface area contributed by atoms with Gasteiger partial charge >= 0.3 is 0 Å². The largest absolute Gasteiger partial charge is 0.489 e. The van der Waals surface area contributed by atoms with Crippen LogP contribution >= 0.6 is 24.0 Å². The molecular formula is C22H23Cl2NO. The fourth-order valence-electron chi connectivity index (χ4n) is 2.54. The summed E-state index contributed by atoms with van der Waals surface area (Å²) in [5.74, 6) is 0.885. The maximum absolute atomic E-state index is 6.16. The summed E-state index contributed by atoms with van der Waals surface area (Å²) in [6.45, 7) is 4.22. The van der Waals surface area contributed by atoms with Crippen molar-refractivity contribution in [1.82, 2.24) is 5.32 Å². The van der Waals surface area contributed by atoms with Crippen LogP contribution in [0.1, 0.15) is 22.3 Å². The van der Waals surface area contributed by atoms with Crippen molar-refractivity contribution in [2.45, 2.75) is 26.6 Å². The number of rotatable bonds is 7. The normalized spacial score (nSPS) is 10.2. The molecule has 0 saturated heterocycles. The standard InChI is InChI=1S/C22H22ClNO.ClH/c1-17-6-8-19(9-7-17)16-25-21-12-10-18(11-13-21)14-24-15-20-4-2-3-5-22(20)23;/h2-13,24H,14-16H2,1H3;1H. The lowest BCUT2D eigenvalue weighted by Crippen LogP contribution is -2.12. The maximum Gasteiger partial charge on any atom is 0.119 e. The SMILES string of the molecule is Cc1ccc(COc2ccc(CNCc3ccccc3Cl)cc2)cc1.Cl. The van der Waals surface area contributed by atoms with Crippen LogP contribution in [0.4, 0.5) is 0 Å². The van der Waals surface area contributed by atoms with Gasteiger partial charge in [0.15, 0.2) is 0 Å². The fraction of sp³-hybridized carbons (Fsp3) is 0.182. The van der Waals surface area contributed by atoms with E-state index in [1.165, 1.54) is 16.7 Å². The molecule has 0 fully saturated rings. The minimum absolute atomic E-state index is 0. The van der Waals surface area contributed by atoms with Gasteiger partial charge in [-0.3, -0.25) is 0 Å². The third-order valence-electron chi connectivity index (χ3n) is 4.05. The van der Waals surface area contributed by atoms with Gasteiger partial charge in [-0.05, 0) is 41.8 Å². The lowest BCUT2D eigenvalue weighted by molar-refractivity contribution is 0.306. The van der Waals surface area contributed by atoms with E-state index in [1.54, 1.807) is 0 Å². The van der Waals surface area contributed by atoms with Crippen molar-refractivity contribution in [3.05, 3.63) is 100 Å². The average molecular weight is 388 g/mol. The van der Waals surface area contributed by atoms with Gasteiger partial charge < -0.3 is 10.1 Å². The Kier molecular flexibility index (Phi) is 7.99. The van der Waals surface area contributed by atoms with Gasteiger partial charge in [-0.15, -0.1) is 12.4 Å². The van der Waals surface area contributed by atoms with E-state index in [1.807, 2.05) is 36.4 Å². The van der Waals surface area contributed by atoms with E-state index in [-0.39, 0.29) is 12.4 Å². The van der Waals surface area contributed by atoms with Crippen molar-refractivity contribution < 1.29 is 4.74 Å². The Morgan fingerprint density at radius 1 is 0.808 bits per heavy atom.